The lowest BCUT2D eigenvalue weighted by Gasteiger charge is -2.06. The highest BCUT2D eigenvalue weighted by Gasteiger charge is 2.11. The highest BCUT2D eigenvalue weighted by Crippen LogP contribution is 2.22. The molecular weight excluding hydrogens is 299 g/mol. The molecule has 0 bridgehead atoms. The topological polar surface area (TPSA) is 65.1 Å². The first-order chi connectivity index (χ1) is 9.60. The van der Waals surface area contributed by atoms with Crippen LogP contribution in [0.4, 0.5) is 5.69 Å². The predicted octanol–water partition coefficient (Wildman–Crippen LogP) is 3.50. The Morgan fingerprint density at radius 2 is 2.10 bits per heavy atom. The summed E-state index contributed by atoms with van der Waals surface area (Å²) in [4.78, 5) is 14.7. The van der Waals surface area contributed by atoms with Gasteiger partial charge in [-0.25, -0.2) is 0 Å². The van der Waals surface area contributed by atoms with Gasteiger partial charge in [-0.1, -0.05) is 35.3 Å². The third-order valence-electron chi connectivity index (χ3n) is 2.78. The molecule has 0 aliphatic heterocycles. The van der Waals surface area contributed by atoms with Gasteiger partial charge in [0.05, 0.1) is 5.02 Å². The Labute approximate surface area is 126 Å². The standard InChI is InChI=1S/C14H14Cl2N2O2/c15-11-8-12(18-13(11)16)14(20)17-10-5-1-3-9(7-10)4-2-6-19/h1,3,5,7-8,18-19H,2,4,6H2,(H,17,20). The van der Waals surface area contributed by atoms with Crippen molar-refractivity contribution < 1.29 is 9.90 Å². The molecule has 0 saturated heterocycles. The van der Waals surface area contributed by atoms with Crippen molar-refractivity contribution in [2.24, 2.45) is 0 Å². The fourth-order valence-corrected chi connectivity index (χ4v) is 2.13. The number of carbonyl (C=O) groups excluding carboxylic acids is 1. The van der Waals surface area contributed by atoms with Gasteiger partial charge in [0.2, 0.25) is 0 Å². The van der Waals surface area contributed by atoms with E-state index in [1.165, 1.54) is 6.07 Å². The van der Waals surface area contributed by atoms with Crippen LogP contribution in [0.3, 0.4) is 0 Å². The van der Waals surface area contributed by atoms with Crippen LogP contribution >= 0.6 is 23.2 Å². The third kappa shape index (κ3) is 3.76. The van der Waals surface area contributed by atoms with Gasteiger partial charge in [0.15, 0.2) is 0 Å². The molecule has 20 heavy (non-hydrogen) atoms. The van der Waals surface area contributed by atoms with E-state index in [0.717, 1.165) is 12.0 Å². The molecule has 1 heterocycles. The first-order valence-corrected chi connectivity index (χ1v) is 6.91. The second-order valence-electron chi connectivity index (χ2n) is 4.33. The third-order valence-corrected chi connectivity index (χ3v) is 3.47. The second kappa shape index (κ2) is 6.79. The Bertz CT molecular complexity index is 591. The smallest absolute Gasteiger partial charge is 0.272 e. The van der Waals surface area contributed by atoms with E-state index < -0.39 is 0 Å². The number of H-pyrrole nitrogens is 1. The van der Waals surface area contributed by atoms with Gasteiger partial charge in [0, 0.05) is 12.3 Å². The first kappa shape index (κ1) is 14.9. The number of carbonyl (C=O) groups is 1. The summed E-state index contributed by atoms with van der Waals surface area (Å²) in [6, 6.07) is 8.96. The van der Waals surface area contributed by atoms with Crippen LogP contribution in [0.25, 0.3) is 0 Å². The number of rotatable bonds is 5. The van der Waals surface area contributed by atoms with Crippen molar-refractivity contribution in [3.05, 3.63) is 51.8 Å². The molecule has 0 atom stereocenters. The van der Waals surface area contributed by atoms with Gasteiger partial charge in [-0.2, -0.15) is 0 Å². The van der Waals surface area contributed by atoms with Gasteiger partial charge < -0.3 is 15.4 Å². The molecule has 0 spiro atoms. The largest absolute Gasteiger partial charge is 0.396 e. The van der Waals surface area contributed by atoms with E-state index in [9.17, 15) is 4.79 Å². The normalized spacial score (nSPS) is 10.6. The van der Waals surface area contributed by atoms with Gasteiger partial charge in [0.25, 0.3) is 5.91 Å². The number of aliphatic hydroxyl groups excluding tert-OH is 1. The number of anilines is 1. The van der Waals surface area contributed by atoms with Gasteiger partial charge in [-0.3, -0.25) is 4.79 Å². The highest BCUT2D eigenvalue weighted by atomic mass is 35.5. The summed E-state index contributed by atoms with van der Waals surface area (Å²) in [7, 11) is 0. The zero-order valence-electron chi connectivity index (χ0n) is 10.6. The highest BCUT2D eigenvalue weighted by molar-refractivity contribution is 6.41. The SMILES string of the molecule is O=C(Nc1cccc(CCCO)c1)c1cc(Cl)c(Cl)[nH]1. The van der Waals surface area contributed by atoms with Crippen LogP contribution < -0.4 is 5.32 Å². The number of amides is 1. The molecule has 106 valence electrons. The van der Waals surface area contributed by atoms with Gasteiger partial charge >= 0.3 is 0 Å². The summed E-state index contributed by atoms with van der Waals surface area (Å²) in [6.45, 7) is 0.149. The number of benzene rings is 1. The number of hydrogen-bond donors (Lipinski definition) is 3. The number of halogens is 2. The molecule has 0 radical (unpaired) electrons. The average molecular weight is 313 g/mol. The molecule has 2 rings (SSSR count). The minimum Gasteiger partial charge on any atom is -0.396 e. The van der Waals surface area contributed by atoms with Crippen molar-refractivity contribution in [2.45, 2.75) is 12.8 Å². The minimum atomic E-state index is -0.307. The lowest BCUT2D eigenvalue weighted by Crippen LogP contribution is -2.12. The first-order valence-electron chi connectivity index (χ1n) is 6.15. The summed E-state index contributed by atoms with van der Waals surface area (Å²) in [6.07, 6.45) is 1.46. The number of nitrogens with one attached hydrogen (secondary N) is 2. The van der Waals surface area contributed by atoms with Crippen LogP contribution in [0.1, 0.15) is 22.5 Å². The lowest BCUT2D eigenvalue weighted by molar-refractivity contribution is 0.102. The van der Waals surface area contributed by atoms with Crippen LogP contribution in [0, 0.1) is 0 Å². The summed E-state index contributed by atoms with van der Waals surface area (Å²) in [5, 5.41) is 12.1. The summed E-state index contributed by atoms with van der Waals surface area (Å²) < 4.78 is 0. The monoisotopic (exact) mass is 312 g/mol. The minimum absolute atomic E-state index is 0.149. The molecule has 1 aromatic carbocycles. The summed E-state index contributed by atoms with van der Waals surface area (Å²) >= 11 is 11.6. The maximum absolute atomic E-state index is 12.0. The Hall–Kier alpha value is -1.49. The van der Waals surface area contributed by atoms with Crippen molar-refractivity contribution in [1.29, 1.82) is 0 Å². The molecular formula is C14H14Cl2N2O2. The molecule has 4 nitrogen and oxygen atoms in total. The Balaban J connectivity index is 2.07. The van der Waals surface area contributed by atoms with Crippen LogP contribution in [-0.2, 0) is 6.42 Å². The van der Waals surface area contributed by atoms with Crippen molar-refractivity contribution in [3.63, 3.8) is 0 Å². The quantitative estimate of drug-likeness (QED) is 0.791. The van der Waals surface area contributed by atoms with E-state index in [1.54, 1.807) is 6.07 Å². The van der Waals surface area contributed by atoms with E-state index in [-0.39, 0.29) is 17.7 Å². The predicted molar refractivity (Wildman–Crippen MR) is 80.6 cm³/mol. The number of aromatic amines is 1. The summed E-state index contributed by atoms with van der Waals surface area (Å²) in [5.74, 6) is -0.307. The van der Waals surface area contributed by atoms with Crippen LogP contribution in [0.5, 0.6) is 0 Å². The fourth-order valence-electron chi connectivity index (χ4n) is 1.81. The van der Waals surface area contributed by atoms with Crippen LogP contribution in [0.15, 0.2) is 30.3 Å². The number of aliphatic hydroxyl groups is 1. The zero-order chi connectivity index (χ0) is 14.5. The van der Waals surface area contributed by atoms with Crippen LogP contribution in [-0.4, -0.2) is 22.6 Å². The molecule has 2 aromatic rings. The second-order valence-corrected chi connectivity index (χ2v) is 5.11. The fraction of sp³-hybridized carbons (Fsp3) is 0.214. The van der Waals surface area contributed by atoms with Crippen molar-refractivity contribution in [3.8, 4) is 0 Å². The van der Waals surface area contributed by atoms with Crippen molar-refractivity contribution in [1.82, 2.24) is 4.98 Å². The molecule has 0 fully saturated rings. The average Bonchev–Trinajstić information content (AvgIpc) is 2.77. The van der Waals surface area contributed by atoms with E-state index >= 15 is 0 Å². The Morgan fingerprint density at radius 3 is 2.75 bits per heavy atom. The summed E-state index contributed by atoms with van der Waals surface area (Å²) in [5.41, 5.74) is 2.05. The maximum atomic E-state index is 12.0. The molecule has 3 N–H and O–H groups in total. The number of hydrogen-bond acceptors (Lipinski definition) is 2. The molecule has 0 saturated carbocycles. The van der Waals surface area contributed by atoms with Crippen molar-refractivity contribution in [2.75, 3.05) is 11.9 Å². The molecule has 6 heteroatoms. The van der Waals surface area contributed by atoms with E-state index in [4.69, 9.17) is 28.3 Å². The molecule has 0 aliphatic rings. The zero-order valence-corrected chi connectivity index (χ0v) is 12.1. The lowest BCUT2D eigenvalue weighted by atomic mass is 10.1. The molecule has 1 amide bonds. The molecule has 1 aromatic heterocycles. The van der Waals surface area contributed by atoms with E-state index in [1.807, 2.05) is 18.2 Å². The number of aromatic nitrogens is 1. The van der Waals surface area contributed by atoms with E-state index in [2.05, 4.69) is 10.3 Å². The van der Waals surface area contributed by atoms with Gasteiger partial charge in [0.1, 0.15) is 10.8 Å². The van der Waals surface area contributed by atoms with Gasteiger partial charge in [-0.15, -0.1) is 0 Å². The Kier molecular flexibility index (Phi) is 5.06. The van der Waals surface area contributed by atoms with Gasteiger partial charge in [-0.05, 0) is 36.6 Å². The number of aryl methyl sites for hydroxylation is 1. The maximum Gasteiger partial charge on any atom is 0.272 e. The molecule has 0 aliphatic carbocycles. The van der Waals surface area contributed by atoms with Crippen LogP contribution in [0.2, 0.25) is 10.2 Å². The van der Waals surface area contributed by atoms with E-state index in [0.29, 0.717) is 22.8 Å². The Morgan fingerprint density at radius 1 is 1.30 bits per heavy atom. The molecule has 0 unspecified atom stereocenters. The van der Waals surface area contributed by atoms with Crippen molar-refractivity contribution >= 4 is 34.8 Å².